The summed E-state index contributed by atoms with van der Waals surface area (Å²) in [4.78, 5) is 24.8. The fraction of sp³-hybridized carbons (Fsp3) is 0.0800. The van der Waals surface area contributed by atoms with E-state index in [0.717, 1.165) is 12.1 Å². The molecule has 0 bridgehead atoms. The van der Waals surface area contributed by atoms with Gasteiger partial charge in [0, 0.05) is 37.8 Å². The van der Waals surface area contributed by atoms with Crippen molar-refractivity contribution < 1.29 is 55.2 Å². The summed E-state index contributed by atoms with van der Waals surface area (Å²) in [5.41, 5.74) is 0.626. The third kappa shape index (κ3) is 13.1. The van der Waals surface area contributed by atoms with Gasteiger partial charge in [-0.1, -0.05) is 77.5 Å². The van der Waals surface area contributed by atoms with Crippen LogP contribution >= 0.6 is 23.2 Å². The number of anilines is 2. The van der Waals surface area contributed by atoms with E-state index < -0.39 is 53.3 Å². The molecular weight excluding hydrogens is 1050 g/mol. The SMILES string of the molecule is COc1ccc(NC(=O)c2cc3ccccc3c(N=Nc3c(C)cc(Cl)cc3S(=O)(=O)O)c2O)cc1.COc1ccc(NC(=O)c2cc3ccccc3c(N=Nc3c(C)cc(Cl)cc3S(=O)(=O)[O-])c2[O-])cc1.[Ca+2]. The number of methoxy groups -OCH3 is 2. The number of hydrogen-bond acceptors (Lipinski definition) is 15. The molecule has 0 spiro atoms. The first kappa shape index (κ1) is 55.6. The average molecular weight is 1090 g/mol. The molecule has 0 saturated heterocycles. The van der Waals surface area contributed by atoms with Gasteiger partial charge in [0.25, 0.3) is 21.9 Å². The number of carbonyl (C=O) groups excluding carboxylic acids is 2. The van der Waals surface area contributed by atoms with Gasteiger partial charge in [-0.3, -0.25) is 14.1 Å². The third-order valence-electron chi connectivity index (χ3n) is 10.7. The number of phenolic OH excluding ortho intramolecular Hbond substituents is 1. The molecule has 0 atom stereocenters. The van der Waals surface area contributed by atoms with E-state index >= 15 is 0 Å². The van der Waals surface area contributed by atoms with Crippen LogP contribution in [0, 0.1) is 13.8 Å². The van der Waals surface area contributed by atoms with Crippen molar-refractivity contribution in [3.8, 4) is 23.0 Å². The first-order valence-corrected chi connectivity index (χ1v) is 24.5. The molecule has 0 aliphatic carbocycles. The maximum Gasteiger partial charge on any atom is 2.00 e. The molecule has 0 radical (unpaired) electrons. The summed E-state index contributed by atoms with van der Waals surface area (Å²) in [5.74, 6) is -1.22. The quantitative estimate of drug-likeness (QED) is 0.0505. The second kappa shape index (κ2) is 23.4. The van der Waals surface area contributed by atoms with Gasteiger partial charge in [0.1, 0.15) is 43.6 Å². The second-order valence-corrected chi connectivity index (χ2v) is 19.1. The van der Waals surface area contributed by atoms with E-state index in [9.17, 15) is 45.7 Å². The van der Waals surface area contributed by atoms with Gasteiger partial charge in [0.15, 0.2) is 5.75 Å². The molecule has 4 N–H and O–H groups in total. The van der Waals surface area contributed by atoms with E-state index in [1.807, 2.05) is 0 Å². The zero-order chi connectivity index (χ0) is 52.1. The Balaban J connectivity index is 0.000000235. The molecular formula is C50H38CaCl2N6O12S2. The van der Waals surface area contributed by atoms with Gasteiger partial charge in [-0.05, 0) is 121 Å². The molecule has 73 heavy (non-hydrogen) atoms. The molecule has 0 heterocycles. The smallest absolute Gasteiger partial charge is 0.870 e. The maximum absolute atomic E-state index is 13.3. The number of hydrogen-bond donors (Lipinski definition) is 4. The van der Waals surface area contributed by atoms with Crippen LogP contribution in [-0.4, -0.2) is 94.8 Å². The van der Waals surface area contributed by atoms with Gasteiger partial charge in [0.05, 0.1) is 30.4 Å². The Morgan fingerprint density at radius 2 is 0.973 bits per heavy atom. The van der Waals surface area contributed by atoms with Crippen molar-refractivity contribution in [2.75, 3.05) is 24.9 Å². The molecule has 2 amide bonds. The van der Waals surface area contributed by atoms with Crippen molar-refractivity contribution in [1.29, 1.82) is 0 Å². The van der Waals surface area contributed by atoms with Crippen LogP contribution in [0.25, 0.3) is 21.5 Å². The molecule has 8 aromatic rings. The number of azo groups is 2. The second-order valence-electron chi connectivity index (χ2n) is 15.5. The molecule has 23 heteroatoms. The van der Waals surface area contributed by atoms with E-state index in [2.05, 4.69) is 31.1 Å². The summed E-state index contributed by atoms with van der Waals surface area (Å²) in [6, 6.07) is 34.7. The number of fused-ring (bicyclic) bond motifs is 2. The first-order valence-electron chi connectivity index (χ1n) is 20.9. The number of phenols is 1. The fourth-order valence-corrected chi connectivity index (χ4v) is 9.27. The van der Waals surface area contributed by atoms with Gasteiger partial charge in [-0.25, -0.2) is 8.42 Å². The van der Waals surface area contributed by atoms with Crippen LogP contribution in [0.5, 0.6) is 23.0 Å². The predicted octanol–water partition coefficient (Wildman–Crippen LogP) is 11.5. The number of nitrogens with one attached hydrogen (secondary N) is 2. The minimum absolute atomic E-state index is 0. The van der Waals surface area contributed by atoms with Crippen molar-refractivity contribution >= 4 is 149 Å². The zero-order valence-corrected chi connectivity index (χ0v) is 44.1. The standard InChI is InChI=1S/2C25H20ClN3O6S.Ca/c2*1-14-11-16(26)13-21(36(32,33)34)22(14)28-29-23-19-6-4-3-5-15(19)12-20(24(23)30)25(31)27-17-7-9-18(35-2)10-8-17;/h2*3-13,30H,1-2H3,(H,27,31)(H,32,33,34);/q;;+2/p-2. The maximum atomic E-state index is 13.3. The Morgan fingerprint density at radius 3 is 1.44 bits per heavy atom. The molecule has 0 aromatic heterocycles. The zero-order valence-electron chi connectivity index (χ0n) is 38.7. The summed E-state index contributed by atoms with van der Waals surface area (Å²) in [7, 11) is -6.56. The summed E-state index contributed by atoms with van der Waals surface area (Å²) < 4.78 is 78.9. The molecule has 0 aliphatic rings. The van der Waals surface area contributed by atoms with Crippen molar-refractivity contribution in [2.45, 2.75) is 23.6 Å². The number of amides is 2. The first-order chi connectivity index (χ1) is 34.2. The molecule has 0 aliphatic heterocycles. The average Bonchev–Trinajstić information content (AvgIpc) is 3.33. The van der Waals surface area contributed by atoms with E-state index in [4.69, 9.17) is 32.7 Å². The van der Waals surface area contributed by atoms with E-state index in [1.54, 1.807) is 104 Å². The van der Waals surface area contributed by atoms with Crippen LogP contribution < -0.4 is 25.2 Å². The summed E-state index contributed by atoms with van der Waals surface area (Å²) >= 11 is 11.9. The van der Waals surface area contributed by atoms with E-state index in [0.29, 0.717) is 50.0 Å². The number of carbonyl (C=O) groups is 2. The number of aryl methyl sites for hydroxylation is 2. The molecule has 0 fully saturated rings. The molecule has 0 saturated carbocycles. The van der Waals surface area contributed by atoms with Crippen molar-refractivity contribution in [3.05, 3.63) is 166 Å². The topological polar surface area (TPSA) is 281 Å². The van der Waals surface area contributed by atoms with Crippen LogP contribution in [0.2, 0.25) is 10.0 Å². The van der Waals surface area contributed by atoms with Crippen LogP contribution in [-0.2, 0) is 20.2 Å². The molecule has 0 unspecified atom stereocenters. The number of halogens is 2. The van der Waals surface area contributed by atoms with Gasteiger partial charge in [-0.2, -0.15) is 13.5 Å². The van der Waals surface area contributed by atoms with Crippen molar-refractivity contribution in [1.82, 2.24) is 0 Å². The summed E-state index contributed by atoms with van der Waals surface area (Å²) in [5, 5.41) is 47.9. The number of benzene rings is 8. The van der Waals surface area contributed by atoms with E-state index in [1.165, 1.54) is 45.4 Å². The molecule has 368 valence electrons. The van der Waals surface area contributed by atoms with Crippen LogP contribution in [0.3, 0.4) is 0 Å². The van der Waals surface area contributed by atoms with Crippen LogP contribution in [0.4, 0.5) is 34.1 Å². The minimum atomic E-state index is -4.94. The Bertz CT molecular complexity index is 3490. The number of nitrogens with zero attached hydrogens (tertiary/aromatic N) is 4. The van der Waals surface area contributed by atoms with Gasteiger partial charge >= 0.3 is 37.7 Å². The summed E-state index contributed by atoms with van der Waals surface area (Å²) in [6.45, 7) is 3.05. The third-order valence-corrected chi connectivity index (χ3v) is 12.8. The van der Waals surface area contributed by atoms with Crippen molar-refractivity contribution in [3.63, 3.8) is 0 Å². The monoisotopic (exact) mass is 1090 g/mol. The summed E-state index contributed by atoms with van der Waals surface area (Å²) in [6.07, 6.45) is 0. The van der Waals surface area contributed by atoms with Gasteiger partial charge in [0.2, 0.25) is 0 Å². The number of aromatic hydroxyl groups is 1. The number of ether oxygens (including phenoxy) is 2. The van der Waals surface area contributed by atoms with Crippen LogP contribution in [0.1, 0.15) is 31.8 Å². The van der Waals surface area contributed by atoms with Gasteiger partial charge < -0.3 is 34.9 Å². The fourth-order valence-electron chi connectivity index (χ4n) is 7.17. The Kier molecular flexibility index (Phi) is 17.8. The van der Waals surface area contributed by atoms with Gasteiger partial charge in [-0.15, -0.1) is 15.3 Å². The normalized spacial score (nSPS) is 11.5. The van der Waals surface area contributed by atoms with E-state index in [-0.39, 0.29) is 87.2 Å². The largest absolute Gasteiger partial charge is 2.00 e. The van der Waals surface area contributed by atoms with Crippen molar-refractivity contribution in [2.24, 2.45) is 20.5 Å². The molecule has 8 rings (SSSR count). The predicted molar refractivity (Wildman–Crippen MR) is 275 cm³/mol. The Hall–Kier alpha value is -6.72. The Morgan fingerprint density at radius 1 is 0.575 bits per heavy atom. The minimum Gasteiger partial charge on any atom is -0.870 e. The molecule has 8 aromatic carbocycles. The van der Waals surface area contributed by atoms with Crippen LogP contribution in [0.15, 0.2) is 164 Å². The number of rotatable bonds is 12. The Labute approximate surface area is 457 Å². The molecule has 18 nitrogen and oxygen atoms in total.